The zero-order valence-corrected chi connectivity index (χ0v) is 6.37. The van der Waals surface area contributed by atoms with Crippen molar-refractivity contribution in [2.45, 2.75) is 19.4 Å². The van der Waals surface area contributed by atoms with Crippen molar-refractivity contribution in [2.75, 3.05) is 0 Å². The average molecular weight is 161 g/mol. The van der Waals surface area contributed by atoms with Crippen LogP contribution >= 0.6 is 0 Å². The maximum absolute atomic E-state index is 10.4. The van der Waals surface area contributed by atoms with Crippen molar-refractivity contribution in [1.29, 1.82) is 0 Å². The fraction of sp³-hybridized carbons (Fsp3) is 0.667. The van der Waals surface area contributed by atoms with Gasteiger partial charge >= 0.3 is 11.9 Å². The number of carboxylic acids is 2. The lowest BCUT2D eigenvalue weighted by atomic mass is 9.88. The Morgan fingerprint density at radius 3 is 1.91 bits per heavy atom. The first-order valence-electron chi connectivity index (χ1n) is 3.05. The van der Waals surface area contributed by atoms with Gasteiger partial charge in [-0.25, -0.2) is 0 Å². The van der Waals surface area contributed by atoms with E-state index in [0.29, 0.717) is 0 Å². The van der Waals surface area contributed by atoms with Crippen LogP contribution in [-0.4, -0.2) is 27.7 Å². The Balaban J connectivity index is 4.55. The smallest absolute Gasteiger partial charge is 0.324 e. The zero-order valence-electron chi connectivity index (χ0n) is 6.37. The topological polar surface area (TPSA) is 101 Å². The first-order valence-corrected chi connectivity index (χ1v) is 3.05. The fourth-order valence-corrected chi connectivity index (χ4v) is 0.442. The van der Waals surface area contributed by atoms with Crippen LogP contribution in [-0.2, 0) is 9.59 Å². The second kappa shape index (κ2) is 2.87. The SMILES string of the molecule is CC(C(=O)O)[C@](C)(N)C(=O)O. The van der Waals surface area contributed by atoms with Crippen LogP contribution in [0.4, 0.5) is 0 Å². The van der Waals surface area contributed by atoms with E-state index in [1.54, 1.807) is 0 Å². The summed E-state index contributed by atoms with van der Waals surface area (Å²) in [5, 5.41) is 16.9. The molecule has 64 valence electrons. The lowest BCUT2D eigenvalue weighted by Crippen LogP contribution is -2.53. The second-order valence-corrected chi connectivity index (χ2v) is 2.65. The summed E-state index contributed by atoms with van der Waals surface area (Å²) >= 11 is 0. The van der Waals surface area contributed by atoms with E-state index in [1.807, 2.05) is 0 Å². The Bertz CT molecular complexity index is 187. The van der Waals surface area contributed by atoms with Crippen molar-refractivity contribution in [1.82, 2.24) is 0 Å². The van der Waals surface area contributed by atoms with Gasteiger partial charge in [-0.15, -0.1) is 0 Å². The highest BCUT2D eigenvalue weighted by atomic mass is 16.4. The summed E-state index contributed by atoms with van der Waals surface area (Å²) in [4.78, 5) is 20.7. The Hall–Kier alpha value is -1.10. The average Bonchev–Trinajstić information content (AvgIpc) is 1.85. The molecule has 0 aliphatic heterocycles. The van der Waals surface area contributed by atoms with E-state index >= 15 is 0 Å². The summed E-state index contributed by atoms with van der Waals surface area (Å²) in [7, 11) is 0. The van der Waals surface area contributed by atoms with Crippen LogP contribution in [0.5, 0.6) is 0 Å². The van der Waals surface area contributed by atoms with Crippen molar-refractivity contribution < 1.29 is 19.8 Å². The molecule has 0 radical (unpaired) electrons. The molecular formula is C6H11NO4. The third-order valence-corrected chi connectivity index (χ3v) is 1.73. The summed E-state index contributed by atoms with van der Waals surface area (Å²) in [5.74, 6) is -3.62. The quantitative estimate of drug-likeness (QED) is 0.518. The van der Waals surface area contributed by atoms with Crippen molar-refractivity contribution >= 4 is 11.9 Å². The van der Waals surface area contributed by atoms with Gasteiger partial charge in [-0.2, -0.15) is 0 Å². The molecule has 0 saturated heterocycles. The van der Waals surface area contributed by atoms with Gasteiger partial charge < -0.3 is 15.9 Å². The van der Waals surface area contributed by atoms with Gasteiger partial charge in [0.25, 0.3) is 0 Å². The minimum atomic E-state index is -1.70. The maximum Gasteiger partial charge on any atom is 0.324 e. The van der Waals surface area contributed by atoms with Crippen LogP contribution in [0.3, 0.4) is 0 Å². The minimum Gasteiger partial charge on any atom is -0.481 e. The predicted octanol–water partition coefficient (Wildman–Crippen LogP) is -0.491. The standard InChI is InChI=1S/C6H11NO4/c1-3(4(8)9)6(2,7)5(10)11/h3H,7H2,1-2H3,(H,8,9)(H,10,11)/t3?,6-/m0/s1. The summed E-state index contributed by atoms with van der Waals surface area (Å²) < 4.78 is 0. The lowest BCUT2D eigenvalue weighted by Gasteiger charge is -2.22. The third-order valence-electron chi connectivity index (χ3n) is 1.73. The molecule has 0 heterocycles. The Labute approximate surface area is 63.8 Å². The van der Waals surface area contributed by atoms with Crippen LogP contribution in [0.2, 0.25) is 0 Å². The third kappa shape index (κ3) is 1.91. The molecule has 4 N–H and O–H groups in total. The molecule has 0 aromatic carbocycles. The molecule has 0 spiro atoms. The molecule has 5 heteroatoms. The maximum atomic E-state index is 10.4. The van der Waals surface area contributed by atoms with Crippen LogP contribution in [0.15, 0.2) is 0 Å². The Morgan fingerprint density at radius 2 is 1.82 bits per heavy atom. The summed E-state index contributed by atoms with van der Waals surface area (Å²) in [6.45, 7) is 2.44. The Kier molecular flexibility index (Phi) is 2.59. The van der Waals surface area contributed by atoms with Crippen molar-refractivity contribution in [3.05, 3.63) is 0 Å². The van der Waals surface area contributed by atoms with E-state index in [1.165, 1.54) is 13.8 Å². The molecule has 0 aromatic rings. The van der Waals surface area contributed by atoms with Crippen LogP contribution in [0.1, 0.15) is 13.8 Å². The second-order valence-electron chi connectivity index (χ2n) is 2.65. The monoisotopic (exact) mass is 161 g/mol. The number of carbonyl (C=O) groups is 2. The fourth-order valence-electron chi connectivity index (χ4n) is 0.442. The van der Waals surface area contributed by atoms with Crippen molar-refractivity contribution in [3.63, 3.8) is 0 Å². The highest BCUT2D eigenvalue weighted by Crippen LogP contribution is 2.13. The first kappa shape index (κ1) is 9.90. The van der Waals surface area contributed by atoms with Gasteiger partial charge in [0.15, 0.2) is 0 Å². The van der Waals surface area contributed by atoms with Crippen LogP contribution in [0, 0.1) is 5.92 Å². The number of aliphatic carboxylic acids is 2. The molecule has 0 saturated carbocycles. The molecule has 0 rings (SSSR count). The number of carboxylic acid groups (broad SMARTS) is 2. The summed E-state index contributed by atoms with van der Waals surface area (Å²) in [6, 6.07) is 0. The molecule has 0 aromatic heterocycles. The van der Waals surface area contributed by atoms with Gasteiger partial charge in [0.2, 0.25) is 0 Å². The van der Waals surface area contributed by atoms with E-state index < -0.39 is 23.4 Å². The van der Waals surface area contributed by atoms with Gasteiger partial charge in [0, 0.05) is 0 Å². The molecule has 0 aliphatic rings. The molecule has 1 unspecified atom stereocenters. The van der Waals surface area contributed by atoms with Gasteiger partial charge in [0.1, 0.15) is 5.54 Å². The molecule has 0 fully saturated rings. The highest BCUT2D eigenvalue weighted by Gasteiger charge is 2.38. The van der Waals surface area contributed by atoms with E-state index in [-0.39, 0.29) is 0 Å². The van der Waals surface area contributed by atoms with Gasteiger partial charge in [0.05, 0.1) is 5.92 Å². The lowest BCUT2D eigenvalue weighted by molar-refractivity contribution is -0.153. The molecule has 0 bridgehead atoms. The van der Waals surface area contributed by atoms with E-state index in [0.717, 1.165) is 0 Å². The van der Waals surface area contributed by atoms with E-state index in [4.69, 9.17) is 15.9 Å². The van der Waals surface area contributed by atoms with Gasteiger partial charge in [-0.3, -0.25) is 9.59 Å². The van der Waals surface area contributed by atoms with Crippen LogP contribution in [0.25, 0.3) is 0 Å². The number of rotatable bonds is 3. The first-order chi connectivity index (χ1) is 4.80. The summed E-state index contributed by atoms with van der Waals surface area (Å²) in [6.07, 6.45) is 0. The molecular weight excluding hydrogens is 150 g/mol. The molecule has 2 atom stereocenters. The number of hydrogen-bond acceptors (Lipinski definition) is 3. The zero-order chi connectivity index (χ0) is 9.23. The van der Waals surface area contributed by atoms with Crippen LogP contribution < -0.4 is 5.73 Å². The molecule has 5 nitrogen and oxygen atoms in total. The Morgan fingerprint density at radius 1 is 1.45 bits per heavy atom. The number of nitrogens with two attached hydrogens (primary N) is 1. The number of hydrogen-bond donors (Lipinski definition) is 3. The minimum absolute atomic E-state index is 1.10. The summed E-state index contributed by atoms with van der Waals surface area (Å²) in [5.41, 5.74) is 3.52. The van der Waals surface area contributed by atoms with Gasteiger partial charge in [-0.1, -0.05) is 0 Å². The van der Waals surface area contributed by atoms with Gasteiger partial charge in [-0.05, 0) is 13.8 Å². The van der Waals surface area contributed by atoms with E-state index in [9.17, 15) is 9.59 Å². The highest BCUT2D eigenvalue weighted by molar-refractivity contribution is 5.85. The molecule has 11 heavy (non-hydrogen) atoms. The van der Waals surface area contributed by atoms with E-state index in [2.05, 4.69) is 0 Å². The van der Waals surface area contributed by atoms with Crippen molar-refractivity contribution in [3.8, 4) is 0 Å². The van der Waals surface area contributed by atoms with Crippen molar-refractivity contribution in [2.24, 2.45) is 11.7 Å². The molecule has 0 amide bonds. The normalized spacial score (nSPS) is 18.5. The molecule has 0 aliphatic carbocycles. The predicted molar refractivity (Wildman–Crippen MR) is 37.0 cm³/mol. The largest absolute Gasteiger partial charge is 0.481 e.